The Morgan fingerprint density at radius 2 is 2.17 bits per heavy atom. The van der Waals surface area contributed by atoms with Crippen LogP contribution < -0.4 is 0 Å². The number of hydrogen-bond acceptors (Lipinski definition) is 0. The van der Waals surface area contributed by atoms with Crippen LogP contribution in [0, 0.1) is 0 Å². The summed E-state index contributed by atoms with van der Waals surface area (Å²) in [5.74, 6) is 0. The maximum atomic E-state index is 3.44. The Hall–Kier alpha value is 1.90. The largest absolute Gasteiger partial charge is 0.0925 e. The first-order chi connectivity index (χ1) is 5.76. The Balaban J connectivity index is 4.03. The van der Waals surface area contributed by atoms with E-state index in [0.717, 1.165) is 16.2 Å². The van der Waals surface area contributed by atoms with Crippen molar-refractivity contribution in [2.45, 2.75) is 10.3 Å². The van der Waals surface area contributed by atoms with Crippen LogP contribution in [-0.2, 0) is 0 Å². The van der Waals surface area contributed by atoms with E-state index in [1.807, 2.05) is 4.99 Å². The second-order valence-electron chi connectivity index (χ2n) is 2.11. The fourth-order valence-corrected chi connectivity index (χ4v) is 3.20. The molecule has 0 fully saturated rings. The van der Waals surface area contributed by atoms with Crippen molar-refractivity contribution in [2.75, 3.05) is 9.76 Å². The number of hydrogen-bond donors (Lipinski definition) is 0. The molecule has 0 heterocycles. The van der Waals surface area contributed by atoms with E-state index in [1.54, 1.807) is 0 Å². The predicted octanol–water partition coefficient (Wildman–Crippen LogP) is 4.85. The van der Waals surface area contributed by atoms with Gasteiger partial charge in [0, 0.05) is 9.76 Å². The summed E-state index contributed by atoms with van der Waals surface area (Å²) in [6.07, 6.45) is 5.54. The van der Waals surface area contributed by atoms with E-state index in [4.69, 9.17) is 0 Å². The summed E-state index contributed by atoms with van der Waals surface area (Å²) in [7, 11) is 0. The second kappa shape index (κ2) is 9.45. The highest BCUT2D eigenvalue weighted by molar-refractivity contribution is 14.1. The molecule has 0 spiro atoms. The molecule has 0 saturated heterocycles. The van der Waals surface area contributed by atoms with E-state index in [0.29, 0.717) is 3.92 Å². The van der Waals surface area contributed by atoms with Crippen molar-refractivity contribution in [1.82, 2.24) is 0 Å². The van der Waals surface area contributed by atoms with Gasteiger partial charge in [0.1, 0.15) is 0 Å². The Bertz CT molecular complexity index is 166. The van der Waals surface area contributed by atoms with Gasteiger partial charge in [0.05, 0.1) is 3.92 Å². The zero-order valence-electron chi connectivity index (χ0n) is 6.44. The van der Waals surface area contributed by atoms with Gasteiger partial charge in [-0.25, -0.2) is 0 Å². The van der Waals surface area contributed by atoms with Gasteiger partial charge in [0.25, 0.3) is 0 Å². The molecule has 0 nitrogen and oxygen atoms in total. The zero-order valence-corrected chi connectivity index (χ0v) is 13.9. The fourth-order valence-electron chi connectivity index (χ4n) is 0.656. The van der Waals surface area contributed by atoms with Gasteiger partial charge in [-0.15, -0.1) is 0 Å². The lowest BCUT2D eigenvalue weighted by Gasteiger charge is -2.07. The topological polar surface area (TPSA) is 0 Å². The third-order valence-electron chi connectivity index (χ3n) is 1.27. The molecule has 0 aliphatic heterocycles. The first-order valence-electron chi connectivity index (χ1n) is 3.48. The van der Waals surface area contributed by atoms with E-state index in [2.05, 4.69) is 89.2 Å². The molecular formula is C8H10Br2I2. The third-order valence-corrected chi connectivity index (χ3v) is 3.98. The van der Waals surface area contributed by atoms with E-state index in [1.165, 1.54) is 5.57 Å². The Morgan fingerprint density at radius 1 is 1.50 bits per heavy atom. The van der Waals surface area contributed by atoms with Crippen LogP contribution >= 0.6 is 77.0 Å². The normalized spacial score (nSPS) is 15.5. The number of rotatable bonds is 5. The third kappa shape index (κ3) is 6.37. The Morgan fingerprint density at radius 3 is 2.58 bits per heavy atom. The smallest absolute Gasteiger partial charge is 0.0507 e. The highest BCUT2D eigenvalue weighted by Gasteiger charge is 2.04. The highest BCUT2D eigenvalue weighted by Crippen LogP contribution is 2.20. The van der Waals surface area contributed by atoms with Crippen molar-refractivity contribution in [2.24, 2.45) is 0 Å². The van der Waals surface area contributed by atoms with Crippen molar-refractivity contribution >= 4 is 77.0 Å². The van der Waals surface area contributed by atoms with Crippen LogP contribution in [0.5, 0.6) is 0 Å². The molecule has 0 aliphatic rings. The molecule has 0 aromatic heterocycles. The average Bonchev–Trinajstić information content (AvgIpc) is 2.10. The van der Waals surface area contributed by atoms with Gasteiger partial charge >= 0.3 is 0 Å². The van der Waals surface area contributed by atoms with Crippen LogP contribution in [0.1, 0.15) is 6.42 Å². The SMILES string of the molecule is BrC=C(CCBr)C(I)C=CCI. The Labute approximate surface area is 118 Å². The number of allylic oxidation sites excluding steroid dienone is 3. The summed E-state index contributed by atoms with van der Waals surface area (Å²) in [4.78, 5) is 2.03. The average molecular weight is 520 g/mol. The maximum Gasteiger partial charge on any atom is 0.0507 e. The molecule has 1 unspecified atom stereocenters. The molecule has 0 aliphatic carbocycles. The van der Waals surface area contributed by atoms with Crippen LogP contribution in [0.2, 0.25) is 0 Å². The van der Waals surface area contributed by atoms with Gasteiger partial charge in [-0.1, -0.05) is 89.2 Å². The van der Waals surface area contributed by atoms with E-state index < -0.39 is 0 Å². The highest BCUT2D eigenvalue weighted by atomic mass is 127. The molecule has 0 aromatic rings. The molecule has 0 aromatic carbocycles. The lowest BCUT2D eigenvalue weighted by molar-refractivity contribution is 1.09. The first kappa shape index (κ1) is 13.9. The van der Waals surface area contributed by atoms with E-state index in [-0.39, 0.29) is 0 Å². The lowest BCUT2D eigenvalue weighted by atomic mass is 10.1. The van der Waals surface area contributed by atoms with Gasteiger partial charge in [-0.05, 0) is 17.0 Å². The van der Waals surface area contributed by atoms with Crippen molar-refractivity contribution in [3.63, 3.8) is 0 Å². The van der Waals surface area contributed by atoms with Gasteiger partial charge in [-0.2, -0.15) is 0 Å². The summed E-state index contributed by atoms with van der Waals surface area (Å²) >= 11 is 11.6. The summed E-state index contributed by atoms with van der Waals surface area (Å²) < 4.78 is 1.61. The Kier molecular flexibility index (Phi) is 11.0. The van der Waals surface area contributed by atoms with Gasteiger partial charge in [-0.3, -0.25) is 0 Å². The summed E-state index contributed by atoms with van der Waals surface area (Å²) in [6.45, 7) is 0. The fraction of sp³-hybridized carbons (Fsp3) is 0.500. The van der Waals surface area contributed by atoms with Crippen LogP contribution in [0.3, 0.4) is 0 Å². The summed E-state index contributed by atoms with van der Waals surface area (Å²) in [6, 6.07) is 0. The lowest BCUT2D eigenvalue weighted by Crippen LogP contribution is -1.98. The molecule has 0 bridgehead atoms. The number of halogens is 4. The first-order valence-corrected chi connectivity index (χ1v) is 8.29. The zero-order chi connectivity index (χ0) is 9.40. The standard InChI is InChI=1S/C8H10Br2I2/c9-4-3-7(6-10)8(12)2-1-5-11/h1-2,6,8H,3-5H2. The molecule has 70 valence electrons. The summed E-state index contributed by atoms with van der Waals surface area (Å²) in [5.41, 5.74) is 1.42. The van der Waals surface area contributed by atoms with Crippen molar-refractivity contribution in [3.05, 3.63) is 22.7 Å². The molecular weight excluding hydrogens is 510 g/mol. The quantitative estimate of drug-likeness (QED) is 0.277. The molecule has 12 heavy (non-hydrogen) atoms. The number of alkyl halides is 3. The second-order valence-corrected chi connectivity index (χ2v) is 5.58. The molecule has 1 atom stereocenters. The predicted molar refractivity (Wildman–Crippen MR) is 81.3 cm³/mol. The van der Waals surface area contributed by atoms with Gasteiger partial charge in [0.2, 0.25) is 0 Å². The van der Waals surface area contributed by atoms with Gasteiger partial charge < -0.3 is 0 Å². The van der Waals surface area contributed by atoms with Crippen LogP contribution in [0.25, 0.3) is 0 Å². The van der Waals surface area contributed by atoms with E-state index in [9.17, 15) is 0 Å². The van der Waals surface area contributed by atoms with E-state index >= 15 is 0 Å². The van der Waals surface area contributed by atoms with Crippen molar-refractivity contribution < 1.29 is 0 Å². The molecule has 0 amide bonds. The monoisotopic (exact) mass is 518 g/mol. The molecule has 0 rings (SSSR count). The minimum atomic E-state index is 0.522. The molecule has 0 N–H and O–H groups in total. The molecule has 0 radical (unpaired) electrons. The van der Waals surface area contributed by atoms with Crippen LogP contribution in [0.4, 0.5) is 0 Å². The van der Waals surface area contributed by atoms with Crippen LogP contribution in [-0.4, -0.2) is 13.7 Å². The minimum Gasteiger partial charge on any atom is -0.0925 e. The maximum absolute atomic E-state index is 3.44. The van der Waals surface area contributed by atoms with Crippen molar-refractivity contribution in [3.8, 4) is 0 Å². The van der Waals surface area contributed by atoms with Crippen LogP contribution in [0.15, 0.2) is 22.7 Å². The molecule has 0 saturated carbocycles. The summed E-state index contributed by atoms with van der Waals surface area (Å²) in [5, 5.41) is 1.03. The van der Waals surface area contributed by atoms with Crippen molar-refractivity contribution in [1.29, 1.82) is 0 Å². The van der Waals surface area contributed by atoms with Gasteiger partial charge in [0.15, 0.2) is 0 Å². The molecule has 4 heteroatoms. The minimum absolute atomic E-state index is 0.522.